The maximum atomic E-state index is 9.97. The molecule has 0 amide bonds. The fourth-order valence-electron chi connectivity index (χ4n) is 2.16. The Kier molecular flexibility index (Phi) is 7.82. The van der Waals surface area contributed by atoms with E-state index in [0.29, 0.717) is 0 Å². The minimum atomic E-state index is -0.350. The van der Waals surface area contributed by atoms with Crippen molar-refractivity contribution in [1.29, 1.82) is 0 Å². The number of aliphatic hydroxyl groups is 1. The summed E-state index contributed by atoms with van der Waals surface area (Å²) in [5, 5.41) is 9.97. The number of rotatable bonds is 8. The molecule has 3 atom stereocenters. The van der Waals surface area contributed by atoms with Gasteiger partial charge in [0.25, 0.3) is 0 Å². The average molecular weight is 244 g/mol. The van der Waals surface area contributed by atoms with Crippen molar-refractivity contribution in [3.05, 3.63) is 0 Å². The maximum Gasteiger partial charge on any atom is 0.158 e. The van der Waals surface area contributed by atoms with Crippen LogP contribution >= 0.6 is 0 Å². The van der Waals surface area contributed by atoms with Gasteiger partial charge in [0.15, 0.2) is 6.29 Å². The molecule has 0 aliphatic carbocycles. The molecule has 0 spiro atoms. The van der Waals surface area contributed by atoms with Crippen molar-refractivity contribution in [2.24, 2.45) is 0 Å². The summed E-state index contributed by atoms with van der Waals surface area (Å²) in [5.74, 6) is 0. The maximum absolute atomic E-state index is 9.97. The molecule has 1 aliphatic heterocycles. The molecule has 1 rings (SSSR count). The molecule has 102 valence electrons. The monoisotopic (exact) mass is 244 g/mol. The lowest BCUT2D eigenvalue weighted by molar-refractivity contribution is -0.202. The molecule has 0 aromatic rings. The third kappa shape index (κ3) is 6.39. The van der Waals surface area contributed by atoms with Crippen LogP contribution in [0.1, 0.15) is 65.2 Å². The molecule has 1 saturated heterocycles. The van der Waals surface area contributed by atoms with Gasteiger partial charge in [0, 0.05) is 6.61 Å². The van der Waals surface area contributed by atoms with Gasteiger partial charge in [0.1, 0.15) is 0 Å². The zero-order valence-corrected chi connectivity index (χ0v) is 11.4. The van der Waals surface area contributed by atoms with Gasteiger partial charge in [-0.15, -0.1) is 0 Å². The zero-order chi connectivity index (χ0) is 12.5. The van der Waals surface area contributed by atoms with Gasteiger partial charge in [-0.3, -0.25) is 0 Å². The van der Waals surface area contributed by atoms with Crippen LogP contribution in [0.3, 0.4) is 0 Å². The molecule has 0 saturated carbocycles. The molecule has 0 radical (unpaired) electrons. The molecule has 1 N–H and O–H groups in total. The van der Waals surface area contributed by atoms with Gasteiger partial charge < -0.3 is 14.6 Å². The van der Waals surface area contributed by atoms with E-state index in [1.165, 1.54) is 25.7 Å². The van der Waals surface area contributed by atoms with Gasteiger partial charge in [-0.05, 0) is 32.6 Å². The number of hydrogen-bond acceptors (Lipinski definition) is 3. The summed E-state index contributed by atoms with van der Waals surface area (Å²) in [6.07, 6.45) is 8.35. The lowest BCUT2D eigenvalue weighted by atomic mass is 10.1. The Balaban J connectivity index is 2.10. The minimum Gasteiger partial charge on any atom is -0.390 e. The molecule has 1 aliphatic rings. The van der Waals surface area contributed by atoms with E-state index < -0.39 is 0 Å². The van der Waals surface area contributed by atoms with E-state index in [1.54, 1.807) is 0 Å². The Hall–Kier alpha value is -0.120. The zero-order valence-electron chi connectivity index (χ0n) is 11.4. The number of ether oxygens (including phenoxy) is 2. The SMILES string of the molecule is CCCCCC[C@@H](O)[C@@H](C)OC1CCCCO1. The fourth-order valence-corrected chi connectivity index (χ4v) is 2.16. The van der Waals surface area contributed by atoms with Gasteiger partial charge in [0.2, 0.25) is 0 Å². The molecular weight excluding hydrogens is 216 g/mol. The van der Waals surface area contributed by atoms with E-state index in [-0.39, 0.29) is 18.5 Å². The second kappa shape index (κ2) is 8.90. The highest BCUT2D eigenvalue weighted by Gasteiger charge is 2.21. The first kappa shape index (κ1) is 14.9. The fraction of sp³-hybridized carbons (Fsp3) is 1.00. The lowest BCUT2D eigenvalue weighted by Gasteiger charge is -2.28. The van der Waals surface area contributed by atoms with Gasteiger partial charge in [-0.25, -0.2) is 0 Å². The van der Waals surface area contributed by atoms with Gasteiger partial charge in [0.05, 0.1) is 12.2 Å². The quantitative estimate of drug-likeness (QED) is 0.666. The Morgan fingerprint density at radius 2 is 2.12 bits per heavy atom. The Labute approximate surface area is 105 Å². The molecule has 0 aromatic heterocycles. The van der Waals surface area contributed by atoms with Gasteiger partial charge >= 0.3 is 0 Å². The van der Waals surface area contributed by atoms with Gasteiger partial charge in [-0.1, -0.05) is 32.6 Å². The second-order valence-corrected chi connectivity index (χ2v) is 5.05. The van der Waals surface area contributed by atoms with E-state index in [4.69, 9.17) is 9.47 Å². The van der Waals surface area contributed by atoms with Crippen LogP contribution in [0.25, 0.3) is 0 Å². The predicted molar refractivity (Wildman–Crippen MR) is 68.9 cm³/mol. The van der Waals surface area contributed by atoms with Crippen molar-refractivity contribution < 1.29 is 14.6 Å². The first-order chi connectivity index (χ1) is 8.24. The summed E-state index contributed by atoms with van der Waals surface area (Å²) < 4.78 is 11.2. The summed E-state index contributed by atoms with van der Waals surface area (Å²) in [6, 6.07) is 0. The van der Waals surface area contributed by atoms with Crippen molar-refractivity contribution in [2.45, 2.75) is 83.7 Å². The molecule has 17 heavy (non-hydrogen) atoms. The second-order valence-electron chi connectivity index (χ2n) is 5.05. The molecule has 1 heterocycles. The Morgan fingerprint density at radius 1 is 1.29 bits per heavy atom. The van der Waals surface area contributed by atoms with Crippen LogP contribution in [0.15, 0.2) is 0 Å². The number of aliphatic hydroxyl groups excluding tert-OH is 1. The summed E-state index contributed by atoms with van der Waals surface area (Å²) in [6.45, 7) is 4.94. The molecule has 1 fully saturated rings. The van der Waals surface area contributed by atoms with Crippen molar-refractivity contribution in [2.75, 3.05) is 6.61 Å². The van der Waals surface area contributed by atoms with Crippen LogP contribution in [-0.4, -0.2) is 30.2 Å². The number of hydrogen-bond donors (Lipinski definition) is 1. The van der Waals surface area contributed by atoms with E-state index >= 15 is 0 Å². The average Bonchev–Trinajstić information content (AvgIpc) is 2.35. The minimum absolute atomic E-state index is 0.0935. The third-order valence-corrected chi connectivity index (χ3v) is 3.40. The largest absolute Gasteiger partial charge is 0.390 e. The van der Waals surface area contributed by atoms with Crippen LogP contribution < -0.4 is 0 Å². The highest BCUT2D eigenvalue weighted by atomic mass is 16.7. The molecule has 3 heteroatoms. The van der Waals surface area contributed by atoms with E-state index in [9.17, 15) is 5.11 Å². The molecule has 1 unspecified atom stereocenters. The normalized spacial score (nSPS) is 24.5. The summed E-state index contributed by atoms with van der Waals surface area (Å²) in [5.41, 5.74) is 0. The topological polar surface area (TPSA) is 38.7 Å². The van der Waals surface area contributed by atoms with Crippen molar-refractivity contribution in [1.82, 2.24) is 0 Å². The van der Waals surface area contributed by atoms with Crippen molar-refractivity contribution >= 4 is 0 Å². The van der Waals surface area contributed by atoms with Gasteiger partial charge in [-0.2, -0.15) is 0 Å². The molecule has 0 bridgehead atoms. The van der Waals surface area contributed by atoms with Crippen LogP contribution in [0.5, 0.6) is 0 Å². The first-order valence-corrected chi connectivity index (χ1v) is 7.19. The van der Waals surface area contributed by atoms with Crippen LogP contribution in [0, 0.1) is 0 Å². The van der Waals surface area contributed by atoms with E-state index in [0.717, 1.165) is 32.3 Å². The van der Waals surface area contributed by atoms with Crippen LogP contribution in [0.2, 0.25) is 0 Å². The van der Waals surface area contributed by atoms with E-state index in [2.05, 4.69) is 6.92 Å². The summed E-state index contributed by atoms with van der Waals surface area (Å²) in [7, 11) is 0. The van der Waals surface area contributed by atoms with Crippen molar-refractivity contribution in [3.8, 4) is 0 Å². The van der Waals surface area contributed by atoms with Crippen molar-refractivity contribution in [3.63, 3.8) is 0 Å². The third-order valence-electron chi connectivity index (χ3n) is 3.40. The smallest absolute Gasteiger partial charge is 0.158 e. The van der Waals surface area contributed by atoms with Crippen LogP contribution in [-0.2, 0) is 9.47 Å². The summed E-state index contributed by atoms with van der Waals surface area (Å²) >= 11 is 0. The molecule has 3 nitrogen and oxygen atoms in total. The highest BCUT2D eigenvalue weighted by Crippen LogP contribution is 2.18. The lowest BCUT2D eigenvalue weighted by Crippen LogP contribution is -2.33. The van der Waals surface area contributed by atoms with E-state index in [1.807, 2.05) is 6.92 Å². The summed E-state index contributed by atoms with van der Waals surface area (Å²) in [4.78, 5) is 0. The molecular formula is C14H28O3. The predicted octanol–water partition coefficient (Wildman–Crippen LogP) is 3.25. The highest BCUT2D eigenvalue weighted by molar-refractivity contribution is 4.66. The molecule has 0 aromatic carbocycles. The van der Waals surface area contributed by atoms with Crippen LogP contribution in [0.4, 0.5) is 0 Å². The standard InChI is InChI=1S/C14H28O3/c1-3-4-5-6-9-13(15)12(2)17-14-10-7-8-11-16-14/h12-15H,3-11H2,1-2H3/t12-,13-,14?/m1/s1. The Morgan fingerprint density at radius 3 is 2.76 bits per heavy atom. The number of unbranched alkanes of at least 4 members (excludes halogenated alkanes) is 3. The Bertz CT molecular complexity index is 178. The first-order valence-electron chi connectivity index (χ1n) is 7.19.